The van der Waals surface area contributed by atoms with Gasteiger partial charge in [-0.2, -0.15) is 0 Å². The molecule has 4 heteroatoms. The second kappa shape index (κ2) is 5.67. The smallest absolute Gasteiger partial charge is 0.108 e. The first kappa shape index (κ1) is 13.3. The minimum atomic E-state index is 0.0543. The second-order valence-electron chi connectivity index (χ2n) is 4.61. The van der Waals surface area contributed by atoms with Gasteiger partial charge in [-0.05, 0) is 30.5 Å². The van der Waals surface area contributed by atoms with Crippen LogP contribution in [0, 0.1) is 6.92 Å². The van der Waals surface area contributed by atoms with Gasteiger partial charge in [0.25, 0.3) is 0 Å². The van der Waals surface area contributed by atoms with E-state index in [1.54, 1.807) is 0 Å². The normalized spacial score (nSPS) is 12.7. The number of halogens is 1. The number of nitrogens with zero attached hydrogens (tertiary/aromatic N) is 2. The van der Waals surface area contributed by atoms with E-state index in [0.29, 0.717) is 0 Å². The molecule has 0 saturated carbocycles. The summed E-state index contributed by atoms with van der Waals surface area (Å²) in [5.41, 5.74) is 8.62. The quantitative estimate of drug-likeness (QED) is 0.943. The number of benzene rings is 1. The molecule has 0 spiro atoms. The predicted molar refractivity (Wildman–Crippen MR) is 77.3 cm³/mol. The summed E-state index contributed by atoms with van der Waals surface area (Å²) >= 11 is 3.54. The van der Waals surface area contributed by atoms with E-state index in [9.17, 15) is 0 Å². The number of nitrogens with two attached hydrogens (primary N) is 1. The van der Waals surface area contributed by atoms with Gasteiger partial charge in [0.05, 0.1) is 0 Å². The van der Waals surface area contributed by atoms with Crippen LogP contribution in [-0.4, -0.2) is 9.55 Å². The highest BCUT2D eigenvalue weighted by Gasteiger charge is 2.09. The molecule has 2 N–H and O–H groups in total. The molecule has 0 aliphatic carbocycles. The Balaban J connectivity index is 2.01. The Hall–Kier alpha value is -1.13. The summed E-state index contributed by atoms with van der Waals surface area (Å²) in [6.45, 7) is 2.08. The van der Waals surface area contributed by atoms with Gasteiger partial charge in [-0.15, -0.1) is 0 Å². The second-order valence-corrected chi connectivity index (χ2v) is 5.46. The van der Waals surface area contributed by atoms with Gasteiger partial charge in [-0.1, -0.05) is 28.1 Å². The zero-order valence-electron chi connectivity index (χ0n) is 10.7. The topological polar surface area (TPSA) is 43.8 Å². The summed E-state index contributed by atoms with van der Waals surface area (Å²) in [6, 6.07) is 6.36. The molecule has 0 amide bonds. The zero-order valence-corrected chi connectivity index (χ0v) is 12.3. The molecule has 0 saturated heterocycles. The fourth-order valence-corrected chi connectivity index (χ4v) is 2.32. The van der Waals surface area contributed by atoms with Crippen molar-refractivity contribution in [3.8, 4) is 0 Å². The highest BCUT2D eigenvalue weighted by Crippen LogP contribution is 2.23. The molecule has 0 fully saturated rings. The van der Waals surface area contributed by atoms with Gasteiger partial charge in [0, 0.05) is 36.4 Å². The minimum Gasteiger partial charge on any atom is -0.338 e. The van der Waals surface area contributed by atoms with Crippen LogP contribution in [0.15, 0.2) is 35.1 Å². The molecular weight excluding hydrogens is 290 g/mol. The van der Waals surface area contributed by atoms with Gasteiger partial charge in [0.15, 0.2) is 0 Å². The molecule has 1 atom stereocenters. The van der Waals surface area contributed by atoms with E-state index >= 15 is 0 Å². The van der Waals surface area contributed by atoms with Gasteiger partial charge in [0.2, 0.25) is 0 Å². The summed E-state index contributed by atoms with van der Waals surface area (Å²) in [6.07, 6.45) is 5.59. The Morgan fingerprint density at radius 3 is 2.83 bits per heavy atom. The third-order valence-corrected chi connectivity index (χ3v) is 4.08. The lowest BCUT2D eigenvalue weighted by Gasteiger charge is -2.13. The van der Waals surface area contributed by atoms with Crippen molar-refractivity contribution in [3.63, 3.8) is 0 Å². The molecule has 2 aromatic rings. The predicted octanol–water partition coefficient (Wildman–Crippen LogP) is 3.12. The minimum absolute atomic E-state index is 0.0543. The van der Waals surface area contributed by atoms with E-state index < -0.39 is 0 Å². The maximum Gasteiger partial charge on any atom is 0.108 e. The monoisotopic (exact) mass is 307 g/mol. The molecular formula is C14H18BrN3. The Kier molecular flexibility index (Phi) is 4.19. The molecule has 3 nitrogen and oxygen atoms in total. The van der Waals surface area contributed by atoms with Crippen LogP contribution in [0.2, 0.25) is 0 Å². The van der Waals surface area contributed by atoms with Crippen molar-refractivity contribution in [2.45, 2.75) is 25.8 Å². The van der Waals surface area contributed by atoms with Gasteiger partial charge in [0.1, 0.15) is 5.82 Å². The lowest BCUT2D eigenvalue weighted by Crippen LogP contribution is -2.12. The summed E-state index contributed by atoms with van der Waals surface area (Å²) in [5, 5.41) is 0. The summed E-state index contributed by atoms with van der Waals surface area (Å²) in [7, 11) is 2.01. The summed E-state index contributed by atoms with van der Waals surface area (Å²) in [4.78, 5) is 4.31. The molecule has 1 aromatic heterocycles. The molecule has 0 radical (unpaired) electrons. The van der Waals surface area contributed by atoms with Crippen LogP contribution in [0.25, 0.3) is 0 Å². The molecule has 1 heterocycles. The van der Waals surface area contributed by atoms with Crippen LogP contribution >= 0.6 is 15.9 Å². The average Bonchev–Trinajstić information content (AvgIpc) is 2.75. The lowest BCUT2D eigenvalue weighted by molar-refractivity contribution is 0.620. The number of rotatable bonds is 4. The van der Waals surface area contributed by atoms with Crippen molar-refractivity contribution < 1.29 is 0 Å². The van der Waals surface area contributed by atoms with Crippen molar-refractivity contribution in [1.82, 2.24) is 9.55 Å². The van der Waals surface area contributed by atoms with Gasteiger partial charge in [-0.3, -0.25) is 0 Å². The van der Waals surface area contributed by atoms with Crippen molar-refractivity contribution >= 4 is 15.9 Å². The van der Waals surface area contributed by atoms with Crippen LogP contribution in [-0.2, 0) is 13.5 Å². The highest BCUT2D eigenvalue weighted by molar-refractivity contribution is 9.10. The van der Waals surface area contributed by atoms with E-state index in [1.165, 1.54) is 11.1 Å². The third-order valence-electron chi connectivity index (χ3n) is 3.22. The van der Waals surface area contributed by atoms with E-state index in [-0.39, 0.29) is 6.04 Å². The van der Waals surface area contributed by atoms with Crippen LogP contribution in [0.5, 0.6) is 0 Å². The van der Waals surface area contributed by atoms with Crippen LogP contribution in [0.3, 0.4) is 0 Å². The SMILES string of the molecule is Cc1ccc(C(N)CCc2nccn2C)cc1Br. The van der Waals surface area contributed by atoms with E-state index in [0.717, 1.165) is 23.1 Å². The standard InChI is InChI=1S/C14H18BrN3/c1-10-3-4-11(9-12(10)15)13(16)5-6-14-17-7-8-18(14)2/h3-4,7-9,13H,5-6,16H2,1-2H3. The van der Waals surface area contributed by atoms with Crippen molar-refractivity contribution in [2.24, 2.45) is 12.8 Å². The largest absolute Gasteiger partial charge is 0.338 e. The number of hydrogen-bond donors (Lipinski definition) is 1. The number of aryl methyl sites for hydroxylation is 3. The van der Waals surface area contributed by atoms with Crippen molar-refractivity contribution in [3.05, 3.63) is 52.0 Å². The molecule has 1 aromatic carbocycles. The van der Waals surface area contributed by atoms with Crippen molar-refractivity contribution in [2.75, 3.05) is 0 Å². The number of aromatic nitrogens is 2. The van der Waals surface area contributed by atoms with E-state index in [1.807, 2.05) is 24.0 Å². The first-order chi connectivity index (χ1) is 8.58. The summed E-state index contributed by atoms with van der Waals surface area (Å²) in [5.74, 6) is 1.08. The fourth-order valence-electron chi connectivity index (χ4n) is 1.93. The summed E-state index contributed by atoms with van der Waals surface area (Å²) < 4.78 is 3.16. The molecule has 18 heavy (non-hydrogen) atoms. The first-order valence-electron chi connectivity index (χ1n) is 6.05. The zero-order chi connectivity index (χ0) is 13.1. The van der Waals surface area contributed by atoms with Crippen LogP contribution in [0.1, 0.15) is 29.4 Å². The molecule has 2 rings (SSSR count). The molecule has 0 aliphatic rings. The van der Waals surface area contributed by atoms with Crippen LogP contribution in [0.4, 0.5) is 0 Å². The molecule has 96 valence electrons. The molecule has 0 aliphatic heterocycles. The maximum atomic E-state index is 6.22. The molecule has 1 unspecified atom stereocenters. The van der Waals surface area contributed by atoms with Crippen LogP contribution < -0.4 is 5.73 Å². The number of imidazole rings is 1. The average molecular weight is 308 g/mol. The first-order valence-corrected chi connectivity index (χ1v) is 6.85. The van der Waals surface area contributed by atoms with E-state index in [2.05, 4.69) is 46.0 Å². The van der Waals surface area contributed by atoms with Gasteiger partial charge < -0.3 is 10.3 Å². The van der Waals surface area contributed by atoms with E-state index in [4.69, 9.17) is 5.73 Å². The van der Waals surface area contributed by atoms with Crippen molar-refractivity contribution in [1.29, 1.82) is 0 Å². The molecule has 0 bridgehead atoms. The highest BCUT2D eigenvalue weighted by atomic mass is 79.9. The Bertz CT molecular complexity index is 534. The van der Waals surface area contributed by atoms with Gasteiger partial charge in [-0.25, -0.2) is 4.98 Å². The fraction of sp³-hybridized carbons (Fsp3) is 0.357. The third kappa shape index (κ3) is 3.00. The maximum absolute atomic E-state index is 6.22. The van der Waals surface area contributed by atoms with Gasteiger partial charge >= 0.3 is 0 Å². The lowest BCUT2D eigenvalue weighted by atomic mass is 10.0. The Morgan fingerprint density at radius 2 is 2.22 bits per heavy atom. The Morgan fingerprint density at radius 1 is 1.44 bits per heavy atom. The Labute approximate surface area is 116 Å². The number of hydrogen-bond acceptors (Lipinski definition) is 2.